The Morgan fingerprint density at radius 3 is 2.38 bits per heavy atom. The standard InChI is InChI=1S/C15H23NO4S/c1-6-20-15(17)10-16(11(2)3)21(18,19)14-8-7-12(4)9-13(14)5/h7-9,11H,6,10H2,1-5H3. The number of rotatable bonds is 6. The average Bonchev–Trinajstić information content (AvgIpc) is 2.35. The topological polar surface area (TPSA) is 63.7 Å². The fourth-order valence-corrected chi connectivity index (χ4v) is 3.88. The molecule has 0 saturated heterocycles. The molecule has 0 aliphatic carbocycles. The van der Waals surface area contributed by atoms with Crippen molar-refractivity contribution in [2.75, 3.05) is 13.2 Å². The maximum Gasteiger partial charge on any atom is 0.321 e. The van der Waals surface area contributed by atoms with Crippen LogP contribution in [0.5, 0.6) is 0 Å². The van der Waals surface area contributed by atoms with Gasteiger partial charge in [0.2, 0.25) is 10.0 Å². The van der Waals surface area contributed by atoms with Crippen LogP contribution in [0.4, 0.5) is 0 Å². The van der Waals surface area contributed by atoms with E-state index in [1.807, 2.05) is 13.0 Å². The van der Waals surface area contributed by atoms with Gasteiger partial charge in [0.1, 0.15) is 6.54 Å². The molecule has 21 heavy (non-hydrogen) atoms. The molecule has 0 aliphatic heterocycles. The Balaban J connectivity index is 3.19. The molecule has 0 saturated carbocycles. The van der Waals surface area contributed by atoms with Gasteiger partial charge in [-0.3, -0.25) is 4.79 Å². The molecule has 0 fully saturated rings. The van der Waals surface area contributed by atoms with E-state index in [1.54, 1.807) is 39.8 Å². The Bertz CT molecular complexity index is 608. The van der Waals surface area contributed by atoms with Crippen molar-refractivity contribution in [2.45, 2.75) is 45.6 Å². The molecule has 6 heteroatoms. The molecule has 118 valence electrons. The molecule has 0 N–H and O–H groups in total. The number of aryl methyl sites for hydroxylation is 2. The number of esters is 1. The lowest BCUT2D eigenvalue weighted by Gasteiger charge is -2.25. The first kappa shape index (κ1) is 17.7. The van der Waals surface area contributed by atoms with Gasteiger partial charge in [-0.15, -0.1) is 0 Å². The first-order valence-corrected chi connectivity index (χ1v) is 8.38. The van der Waals surface area contributed by atoms with Gasteiger partial charge in [-0.1, -0.05) is 17.7 Å². The van der Waals surface area contributed by atoms with Gasteiger partial charge in [-0.2, -0.15) is 4.31 Å². The van der Waals surface area contributed by atoms with E-state index < -0.39 is 16.0 Å². The number of carbonyl (C=O) groups is 1. The largest absolute Gasteiger partial charge is 0.465 e. The summed E-state index contributed by atoms with van der Waals surface area (Å²) in [4.78, 5) is 11.9. The molecule has 0 unspecified atom stereocenters. The lowest BCUT2D eigenvalue weighted by Crippen LogP contribution is -2.41. The van der Waals surface area contributed by atoms with Crippen LogP contribution in [0.2, 0.25) is 0 Å². The van der Waals surface area contributed by atoms with E-state index in [4.69, 9.17) is 4.74 Å². The zero-order valence-corrected chi connectivity index (χ0v) is 14.0. The van der Waals surface area contributed by atoms with E-state index in [0.717, 1.165) is 5.56 Å². The van der Waals surface area contributed by atoms with Gasteiger partial charge in [0.25, 0.3) is 0 Å². The number of carbonyl (C=O) groups excluding carboxylic acids is 1. The quantitative estimate of drug-likeness (QED) is 0.756. The predicted octanol–water partition coefficient (Wildman–Crippen LogP) is 2.27. The summed E-state index contributed by atoms with van der Waals surface area (Å²) in [6.45, 7) is 8.78. The van der Waals surface area contributed by atoms with Crippen LogP contribution in [0.15, 0.2) is 23.1 Å². The lowest BCUT2D eigenvalue weighted by atomic mass is 10.2. The number of nitrogens with zero attached hydrogens (tertiary/aromatic N) is 1. The smallest absolute Gasteiger partial charge is 0.321 e. The van der Waals surface area contributed by atoms with Crippen molar-refractivity contribution in [3.63, 3.8) is 0 Å². The first-order valence-electron chi connectivity index (χ1n) is 6.94. The van der Waals surface area contributed by atoms with Gasteiger partial charge in [-0.05, 0) is 46.2 Å². The summed E-state index contributed by atoms with van der Waals surface area (Å²) < 4.78 is 31.6. The summed E-state index contributed by atoms with van der Waals surface area (Å²) in [6, 6.07) is 4.82. The molecule has 0 bridgehead atoms. The summed E-state index contributed by atoms with van der Waals surface area (Å²) in [7, 11) is -3.73. The molecule has 1 aromatic rings. The van der Waals surface area contributed by atoms with Crippen LogP contribution in [-0.4, -0.2) is 37.9 Å². The van der Waals surface area contributed by atoms with Crippen molar-refractivity contribution < 1.29 is 17.9 Å². The lowest BCUT2D eigenvalue weighted by molar-refractivity contribution is -0.143. The summed E-state index contributed by atoms with van der Waals surface area (Å²) >= 11 is 0. The number of hydrogen-bond acceptors (Lipinski definition) is 4. The van der Waals surface area contributed by atoms with Crippen molar-refractivity contribution in [3.05, 3.63) is 29.3 Å². The molecule has 0 heterocycles. The highest BCUT2D eigenvalue weighted by atomic mass is 32.2. The van der Waals surface area contributed by atoms with Crippen molar-refractivity contribution in [1.29, 1.82) is 0 Å². The molecule has 0 radical (unpaired) electrons. The highest BCUT2D eigenvalue weighted by Gasteiger charge is 2.30. The van der Waals surface area contributed by atoms with Crippen molar-refractivity contribution in [1.82, 2.24) is 4.31 Å². The first-order chi connectivity index (χ1) is 9.70. The zero-order valence-electron chi connectivity index (χ0n) is 13.2. The van der Waals surface area contributed by atoms with Gasteiger partial charge in [0.05, 0.1) is 11.5 Å². The SMILES string of the molecule is CCOC(=O)CN(C(C)C)S(=O)(=O)c1ccc(C)cc1C. The summed E-state index contributed by atoms with van der Waals surface area (Å²) in [5.41, 5.74) is 1.66. The van der Waals surface area contributed by atoms with Gasteiger partial charge < -0.3 is 4.74 Å². The van der Waals surface area contributed by atoms with E-state index in [0.29, 0.717) is 5.56 Å². The number of benzene rings is 1. The number of hydrogen-bond donors (Lipinski definition) is 0. The van der Waals surface area contributed by atoms with Crippen LogP contribution in [0, 0.1) is 13.8 Å². The van der Waals surface area contributed by atoms with Gasteiger partial charge in [0, 0.05) is 6.04 Å². The van der Waals surface area contributed by atoms with Crippen LogP contribution in [-0.2, 0) is 19.6 Å². The second-order valence-electron chi connectivity index (χ2n) is 5.22. The number of ether oxygens (including phenoxy) is 1. The Labute approximate surface area is 127 Å². The highest BCUT2D eigenvalue weighted by Crippen LogP contribution is 2.22. The Kier molecular flexibility index (Phi) is 5.92. The highest BCUT2D eigenvalue weighted by molar-refractivity contribution is 7.89. The molecule has 1 rings (SSSR count). The van der Waals surface area contributed by atoms with Gasteiger partial charge >= 0.3 is 5.97 Å². The maximum atomic E-state index is 12.8. The Hall–Kier alpha value is -1.40. The van der Waals surface area contributed by atoms with Crippen LogP contribution < -0.4 is 0 Å². The minimum absolute atomic E-state index is 0.228. The molecule has 0 spiro atoms. The summed E-state index contributed by atoms with van der Waals surface area (Å²) in [6.07, 6.45) is 0. The van der Waals surface area contributed by atoms with Crippen LogP contribution in [0.25, 0.3) is 0 Å². The van der Waals surface area contributed by atoms with Gasteiger partial charge in [0.15, 0.2) is 0 Å². The van der Waals surface area contributed by atoms with E-state index in [9.17, 15) is 13.2 Å². The third-order valence-corrected chi connectivity index (χ3v) is 5.27. The predicted molar refractivity (Wildman–Crippen MR) is 81.6 cm³/mol. The fourth-order valence-electron chi connectivity index (χ4n) is 2.09. The minimum atomic E-state index is -3.73. The fraction of sp³-hybridized carbons (Fsp3) is 0.533. The molecular formula is C15H23NO4S. The maximum absolute atomic E-state index is 12.8. The zero-order chi connectivity index (χ0) is 16.2. The van der Waals surface area contributed by atoms with Crippen molar-refractivity contribution >= 4 is 16.0 Å². The van der Waals surface area contributed by atoms with E-state index in [2.05, 4.69) is 0 Å². The third-order valence-electron chi connectivity index (χ3n) is 3.08. The van der Waals surface area contributed by atoms with E-state index in [1.165, 1.54) is 4.31 Å². The minimum Gasteiger partial charge on any atom is -0.465 e. The van der Waals surface area contributed by atoms with E-state index >= 15 is 0 Å². The average molecular weight is 313 g/mol. The molecule has 0 aliphatic rings. The third kappa shape index (κ3) is 4.28. The normalized spacial score (nSPS) is 12.0. The van der Waals surface area contributed by atoms with Crippen LogP contribution >= 0.6 is 0 Å². The summed E-state index contributed by atoms with van der Waals surface area (Å²) in [5, 5.41) is 0. The Morgan fingerprint density at radius 2 is 1.90 bits per heavy atom. The van der Waals surface area contributed by atoms with Crippen molar-refractivity contribution in [2.24, 2.45) is 0 Å². The molecule has 0 atom stereocenters. The number of sulfonamides is 1. The Morgan fingerprint density at radius 1 is 1.29 bits per heavy atom. The monoisotopic (exact) mass is 313 g/mol. The van der Waals surface area contributed by atoms with Crippen LogP contribution in [0.1, 0.15) is 31.9 Å². The molecular weight excluding hydrogens is 290 g/mol. The molecule has 1 aromatic carbocycles. The molecule has 5 nitrogen and oxygen atoms in total. The van der Waals surface area contributed by atoms with Crippen LogP contribution in [0.3, 0.4) is 0 Å². The second-order valence-corrected chi connectivity index (χ2v) is 7.08. The summed E-state index contributed by atoms with van der Waals surface area (Å²) in [5.74, 6) is -0.542. The molecule has 0 amide bonds. The molecule has 0 aromatic heterocycles. The van der Waals surface area contributed by atoms with E-state index in [-0.39, 0.29) is 24.1 Å². The van der Waals surface area contributed by atoms with Gasteiger partial charge in [-0.25, -0.2) is 8.42 Å². The van der Waals surface area contributed by atoms with Crippen molar-refractivity contribution in [3.8, 4) is 0 Å². The second kappa shape index (κ2) is 7.04.